The zero-order valence-corrected chi connectivity index (χ0v) is 10.2. The first-order valence-corrected chi connectivity index (χ1v) is 5.98. The van der Waals surface area contributed by atoms with Crippen molar-refractivity contribution in [3.05, 3.63) is 22.4 Å². The first-order valence-electron chi connectivity index (χ1n) is 5.10. The quantitative estimate of drug-likeness (QED) is 0.825. The second-order valence-corrected chi connectivity index (χ2v) is 4.96. The molecule has 84 valence electrons. The SMILES string of the molecule is CCC(C)(N)C(=O)NC(C)c1cccs1. The van der Waals surface area contributed by atoms with E-state index in [9.17, 15) is 4.79 Å². The lowest BCUT2D eigenvalue weighted by molar-refractivity contribution is -0.126. The summed E-state index contributed by atoms with van der Waals surface area (Å²) in [5.74, 6) is -0.0918. The first-order chi connectivity index (χ1) is 6.97. The second-order valence-electron chi connectivity index (χ2n) is 3.98. The van der Waals surface area contributed by atoms with Crippen LogP contribution in [0.4, 0.5) is 0 Å². The Kier molecular flexibility index (Phi) is 3.88. The molecule has 1 heterocycles. The molecule has 1 rings (SSSR count). The molecular formula is C11H18N2OS. The molecule has 0 saturated heterocycles. The minimum Gasteiger partial charge on any atom is -0.347 e. The smallest absolute Gasteiger partial charge is 0.240 e. The van der Waals surface area contributed by atoms with E-state index in [1.165, 1.54) is 0 Å². The number of hydrogen-bond donors (Lipinski definition) is 2. The van der Waals surface area contributed by atoms with Crippen LogP contribution in [0.2, 0.25) is 0 Å². The van der Waals surface area contributed by atoms with Crippen LogP contribution in [0, 0.1) is 0 Å². The molecule has 0 bridgehead atoms. The molecule has 0 fully saturated rings. The number of nitrogens with one attached hydrogen (secondary N) is 1. The highest BCUT2D eigenvalue weighted by Crippen LogP contribution is 2.19. The van der Waals surface area contributed by atoms with Gasteiger partial charge in [0.25, 0.3) is 0 Å². The highest BCUT2D eigenvalue weighted by atomic mass is 32.1. The van der Waals surface area contributed by atoms with Crippen molar-refractivity contribution in [2.24, 2.45) is 5.73 Å². The summed E-state index contributed by atoms with van der Waals surface area (Å²) < 4.78 is 0. The van der Waals surface area contributed by atoms with Crippen LogP contribution in [0.15, 0.2) is 17.5 Å². The average Bonchev–Trinajstić information content (AvgIpc) is 2.70. The molecule has 0 aliphatic heterocycles. The topological polar surface area (TPSA) is 55.1 Å². The number of carbonyl (C=O) groups is 1. The molecule has 0 aliphatic rings. The molecule has 0 saturated carbocycles. The van der Waals surface area contributed by atoms with Crippen molar-refractivity contribution in [1.82, 2.24) is 5.32 Å². The fourth-order valence-corrected chi connectivity index (χ4v) is 1.87. The zero-order valence-electron chi connectivity index (χ0n) is 9.41. The van der Waals surface area contributed by atoms with Gasteiger partial charge in [-0.2, -0.15) is 0 Å². The van der Waals surface area contributed by atoms with Gasteiger partial charge in [-0.25, -0.2) is 0 Å². The Morgan fingerprint density at radius 3 is 2.87 bits per heavy atom. The maximum Gasteiger partial charge on any atom is 0.240 e. The van der Waals surface area contributed by atoms with E-state index < -0.39 is 5.54 Å². The van der Waals surface area contributed by atoms with Crippen LogP contribution in [0.25, 0.3) is 0 Å². The van der Waals surface area contributed by atoms with Crippen LogP contribution in [0.3, 0.4) is 0 Å². The number of rotatable bonds is 4. The van der Waals surface area contributed by atoms with Crippen LogP contribution < -0.4 is 11.1 Å². The van der Waals surface area contributed by atoms with Crippen molar-refractivity contribution in [3.63, 3.8) is 0 Å². The lowest BCUT2D eigenvalue weighted by Crippen LogP contribution is -2.51. The van der Waals surface area contributed by atoms with Crippen LogP contribution in [0.1, 0.15) is 38.1 Å². The molecule has 1 aromatic heterocycles. The second kappa shape index (κ2) is 4.77. The number of amides is 1. The van der Waals surface area contributed by atoms with Gasteiger partial charge in [-0.3, -0.25) is 4.79 Å². The number of thiophene rings is 1. The Labute approximate surface area is 94.7 Å². The fourth-order valence-electron chi connectivity index (χ4n) is 1.13. The molecular weight excluding hydrogens is 208 g/mol. The Morgan fingerprint density at radius 1 is 1.73 bits per heavy atom. The summed E-state index contributed by atoms with van der Waals surface area (Å²) in [5.41, 5.74) is 5.08. The van der Waals surface area contributed by atoms with Crippen molar-refractivity contribution in [3.8, 4) is 0 Å². The highest BCUT2D eigenvalue weighted by Gasteiger charge is 2.27. The van der Waals surface area contributed by atoms with Gasteiger partial charge in [0.2, 0.25) is 5.91 Å². The summed E-state index contributed by atoms with van der Waals surface area (Å²) in [6.45, 7) is 5.63. The van der Waals surface area contributed by atoms with E-state index in [-0.39, 0.29) is 11.9 Å². The third-order valence-electron chi connectivity index (χ3n) is 2.57. The predicted octanol–water partition coefficient (Wildman–Crippen LogP) is 2.05. The highest BCUT2D eigenvalue weighted by molar-refractivity contribution is 7.10. The number of carbonyl (C=O) groups excluding carboxylic acids is 1. The lowest BCUT2D eigenvalue weighted by Gasteiger charge is -2.24. The van der Waals surface area contributed by atoms with Crippen molar-refractivity contribution in [2.75, 3.05) is 0 Å². The largest absolute Gasteiger partial charge is 0.347 e. The van der Waals surface area contributed by atoms with Gasteiger partial charge in [0.1, 0.15) is 0 Å². The maximum absolute atomic E-state index is 11.8. The van der Waals surface area contributed by atoms with E-state index in [1.807, 2.05) is 31.4 Å². The van der Waals surface area contributed by atoms with Crippen LogP contribution in [0.5, 0.6) is 0 Å². The van der Waals surface area contributed by atoms with Gasteiger partial charge >= 0.3 is 0 Å². The molecule has 0 aliphatic carbocycles. The lowest BCUT2D eigenvalue weighted by atomic mass is 9.99. The average molecular weight is 226 g/mol. The zero-order chi connectivity index (χ0) is 11.5. The van der Waals surface area contributed by atoms with E-state index in [2.05, 4.69) is 5.32 Å². The van der Waals surface area contributed by atoms with Crippen molar-refractivity contribution in [2.45, 2.75) is 38.8 Å². The molecule has 3 nitrogen and oxygen atoms in total. The van der Waals surface area contributed by atoms with E-state index in [1.54, 1.807) is 18.3 Å². The van der Waals surface area contributed by atoms with E-state index in [0.717, 1.165) is 4.88 Å². The van der Waals surface area contributed by atoms with Crippen molar-refractivity contribution < 1.29 is 4.79 Å². The molecule has 1 amide bonds. The summed E-state index contributed by atoms with van der Waals surface area (Å²) in [4.78, 5) is 12.9. The first kappa shape index (κ1) is 12.2. The van der Waals surface area contributed by atoms with E-state index >= 15 is 0 Å². The molecule has 0 spiro atoms. The molecule has 0 aromatic carbocycles. The molecule has 0 radical (unpaired) electrons. The third-order valence-corrected chi connectivity index (χ3v) is 3.63. The summed E-state index contributed by atoms with van der Waals surface area (Å²) in [6.07, 6.45) is 0.635. The molecule has 2 unspecified atom stereocenters. The Hall–Kier alpha value is -0.870. The minimum atomic E-state index is -0.772. The van der Waals surface area contributed by atoms with Crippen molar-refractivity contribution >= 4 is 17.2 Å². The standard InChI is InChI=1S/C11H18N2OS/c1-4-11(3,12)10(14)13-8(2)9-6-5-7-15-9/h5-8H,4,12H2,1-3H3,(H,13,14). The minimum absolute atomic E-state index is 0.0342. The number of hydrogen-bond acceptors (Lipinski definition) is 3. The monoisotopic (exact) mass is 226 g/mol. The maximum atomic E-state index is 11.8. The van der Waals surface area contributed by atoms with Gasteiger partial charge in [-0.05, 0) is 31.7 Å². The predicted molar refractivity (Wildman–Crippen MR) is 63.8 cm³/mol. The Bertz CT molecular complexity index is 319. The van der Waals surface area contributed by atoms with Gasteiger partial charge in [0.15, 0.2) is 0 Å². The van der Waals surface area contributed by atoms with Gasteiger partial charge in [0.05, 0.1) is 11.6 Å². The van der Waals surface area contributed by atoms with Gasteiger partial charge < -0.3 is 11.1 Å². The Morgan fingerprint density at radius 2 is 2.40 bits per heavy atom. The van der Waals surface area contributed by atoms with Gasteiger partial charge in [-0.1, -0.05) is 13.0 Å². The summed E-state index contributed by atoms with van der Waals surface area (Å²) >= 11 is 1.64. The number of nitrogens with two attached hydrogens (primary N) is 1. The van der Waals surface area contributed by atoms with E-state index in [0.29, 0.717) is 6.42 Å². The van der Waals surface area contributed by atoms with Crippen molar-refractivity contribution in [1.29, 1.82) is 0 Å². The fraction of sp³-hybridized carbons (Fsp3) is 0.545. The van der Waals surface area contributed by atoms with Gasteiger partial charge in [0, 0.05) is 4.88 Å². The normalized spacial score (nSPS) is 16.8. The molecule has 1 aromatic rings. The summed E-state index contributed by atoms with van der Waals surface area (Å²) in [7, 11) is 0. The van der Waals surface area contributed by atoms with Crippen LogP contribution in [-0.4, -0.2) is 11.4 Å². The Balaban J connectivity index is 2.60. The molecule has 15 heavy (non-hydrogen) atoms. The summed E-state index contributed by atoms with van der Waals surface area (Å²) in [5, 5.41) is 4.92. The van der Waals surface area contributed by atoms with E-state index in [4.69, 9.17) is 5.73 Å². The molecule has 2 atom stereocenters. The molecule has 3 N–H and O–H groups in total. The summed E-state index contributed by atoms with van der Waals surface area (Å²) in [6, 6.07) is 4.02. The van der Waals surface area contributed by atoms with Gasteiger partial charge in [-0.15, -0.1) is 11.3 Å². The third kappa shape index (κ3) is 3.04. The molecule has 4 heteroatoms. The van der Waals surface area contributed by atoms with Crippen LogP contribution >= 0.6 is 11.3 Å². The van der Waals surface area contributed by atoms with Crippen LogP contribution in [-0.2, 0) is 4.79 Å².